The second-order valence-electron chi connectivity index (χ2n) is 10.2. The van der Waals surface area contributed by atoms with Crippen LogP contribution in [-0.2, 0) is 10.0 Å². The Kier molecular flexibility index (Phi) is 5.95. The van der Waals surface area contributed by atoms with Crippen LogP contribution in [0.25, 0.3) is 38.9 Å². The normalized spacial score (nSPS) is 11.9. The van der Waals surface area contributed by atoms with Crippen molar-refractivity contribution in [2.45, 2.75) is 18.7 Å². The van der Waals surface area contributed by atoms with E-state index in [9.17, 15) is 13.2 Å². The Morgan fingerprint density at radius 3 is 2.53 bits per heavy atom. The molecule has 12 heteroatoms. The molecule has 0 saturated carbocycles. The SMILES string of the molecule is Cc1ccc(S(=O)(=O)n2c(C(=O)c3cnn(-c4ccc5[nH]c(C)nc5c4)c3N)cc3ccc(-c4cccnn4)cc32)cc1. The molecule has 0 amide bonds. The van der Waals surface area contributed by atoms with Gasteiger partial charge in [-0.1, -0.05) is 29.8 Å². The molecule has 0 fully saturated rings. The highest BCUT2D eigenvalue weighted by molar-refractivity contribution is 7.90. The monoisotopic (exact) mass is 588 g/mol. The number of rotatable bonds is 6. The molecule has 7 aromatic rings. The number of hydrogen-bond donors (Lipinski definition) is 2. The fourth-order valence-electron chi connectivity index (χ4n) is 5.15. The maximum absolute atomic E-state index is 14.2. The van der Waals surface area contributed by atoms with Gasteiger partial charge in [-0.2, -0.15) is 15.3 Å². The van der Waals surface area contributed by atoms with Crippen LogP contribution < -0.4 is 5.73 Å². The molecule has 4 heterocycles. The maximum Gasteiger partial charge on any atom is 0.268 e. The summed E-state index contributed by atoms with van der Waals surface area (Å²) < 4.78 is 30.9. The van der Waals surface area contributed by atoms with Gasteiger partial charge in [0, 0.05) is 17.1 Å². The lowest BCUT2D eigenvalue weighted by atomic mass is 10.1. The van der Waals surface area contributed by atoms with Gasteiger partial charge in [0.25, 0.3) is 10.0 Å². The number of aromatic nitrogens is 7. The number of anilines is 1. The average Bonchev–Trinajstić information content (AvgIpc) is 3.70. The number of carbonyl (C=O) groups excluding carboxylic acids is 1. The minimum atomic E-state index is -4.22. The molecule has 0 saturated heterocycles. The Morgan fingerprint density at radius 1 is 0.953 bits per heavy atom. The van der Waals surface area contributed by atoms with E-state index in [1.165, 1.54) is 23.0 Å². The molecule has 0 aliphatic carbocycles. The van der Waals surface area contributed by atoms with Crippen LogP contribution in [0.1, 0.15) is 27.4 Å². The lowest BCUT2D eigenvalue weighted by molar-refractivity contribution is 0.103. The van der Waals surface area contributed by atoms with E-state index in [0.29, 0.717) is 27.8 Å². The van der Waals surface area contributed by atoms with Gasteiger partial charge in [-0.05, 0) is 68.4 Å². The Balaban J connectivity index is 1.40. The van der Waals surface area contributed by atoms with Gasteiger partial charge < -0.3 is 10.7 Å². The van der Waals surface area contributed by atoms with E-state index in [-0.39, 0.29) is 22.0 Å². The van der Waals surface area contributed by atoms with E-state index in [4.69, 9.17) is 5.73 Å². The minimum Gasteiger partial charge on any atom is -0.383 e. The number of H-pyrrole nitrogens is 1. The van der Waals surface area contributed by atoms with Crippen LogP contribution in [0.5, 0.6) is 0 Å². The Morgan fingerprint density at radius 2 is 1.77 bits per heavy atom. The molecule has 11 nitrogen and oxygen atoms in total. The summed E-state index contributed by atoms with van der Waals surface area (Å²) in [6.07, 6.45) is 2.91. The number of benzene rings is 3. The highest BCUT2D eigenvalue weighted by Crippen LogP contribution is 2.32. The van der Waals surface area contributed by atoms with Gasteiger partial charge >= 0.3 is 0 Å². The van der Waals surface area contributed by atoms with Gasteiger partial charge in [-0.25, -0.2) is 22.1 Å². The number of hydrogen-bond acceptors (Lipinski definition) is 8. The first-order valence-electron chi connectivity index (χ1n) is 13.3. The number of fused-ring (bicyclic) bond motifs is 2. The lowest BCUT2D eigenvalue weighted by Gasteiger charge is -2.12. The molecule has 3 N–H and O–H groups in total. The number of aryl methyl sites for hydroxylation is 2. The number of nitrogens with two attached hydrogens (primary N) is 1. The molecule has 0 bridgehead atoms. The van der Waals surface area contributed by atoms with Crippen LogP contribution in [0.2, 0.25) is 0 Å². The van der Waals surface area contributed by atoms with Crippen LogP contribution in [0.15, 0.2) is 96.2 Å². The van der Waals surface area contributed by atoms with E-state index >= 15 is 0 Å². The summed E-state index contributed by atoms with van der Waals surface area (Å²) in [5.74, 6) is 0.247. The number of nitrogens with one attached hydrogen (secondary N) is 1. The smallest absolute Gasteiger partial charge is 0.268 e. The number of ketones is 1. The van der Waals surface area contributed by atoms with Gasteiger partial charge in [0.05, 0.1) is 44.6 Å². The molecule has 3 aromatic carbocycles. The van der Waals surface area contributed by atoms with Crippen molar-refractivity contribution in [3.8, 4) is 16.9 Å². The molecule has 0 radical (unpaired) electrons. The van der Waals surface area contributed by atoms with Crippen molar-refractivity contribution < 1.29 is 13.2 Å². The third-order valence-electron chi connectivity index (χ3n) is 7.30. The summed E-state index contributed by atoms with van der Waals surface area (Å²) in [6, 6.07) is 22.3. The van der Waals surface area contributed by atoms with Crippen molar-refractivity contribution in [3.05, 3.63) is 114 Å². The van der Waals surface area contributed by atoms with Crippen molar-refractivity contribution >= 4 is 43.6 Å². The molecule has 0 unspecified atom stereocenters. The predicted octanol–water partition coefficient (Wildman–Crippen LogP) is 4.83. The number of aromatic amines is 1. The van der Waals surface area contributed by atoms with Crippen molar-refractivity contribution in [2.75, 3.05) is 5.73 Å². The van der Waals surface area contributed by atoms with Crippen molar-refractivity contribution in [1.29, 1.82) is 0 Å². The number of nitrogen functional groups attached to an aromatic ring is 1. The van der Waals surface area contributed by atoms with E-state index in [0.717, 1.165) is 26.4 Å². The van der Waals surface area contributed by atoms with E-state index in [1.807, 2.05) is 38.1 Å². The fourth-order valence-corrected chi connectivity index (χ4v) is 6.66. The third-order valence-corrected chi connectivity index (χ3v) is 9.04. The topological polar surface area (TPSA) is 154 Å². The maximum atomic E-state index is 14.2. The third kappa shape index (κ3) is 4.35. The number of carbonyl (C=O) groups is 1. The highest BCUT2D eigenvalue weighted by Gasteiger charge is 2.29. The molecule has 212 valence electrons. The van der Waals surface area contributed by atoms with Crippen LogP contribution >= 0.6 is 0 Å². The zero-order chi connectivity index (χ0) is 29.9. The second kappa shape index (κ2) is 9.74. The van der Waals surface area contributed by atoms with Crippen LogP contribution in [0, 0.1) is 13.8 Å². The van der Waals surface area contributed by atoms with Gasteiger partial charge in [0.1, 0.15) is 17.3 Å². The summed E-state index contributed by atoms with van der Waals surface area (Å²) in [5.41, 5.74) is 11.1. The zero-order valence-corrected chi connectivity index (χ0v) is 23.9. The number of imidazole rings is 1. The van der Waals surface area contributed by atoms with Gasteiger partial charge in [0.2, 0.25) is 5.78 Å². The van der Waals surface area contributed by atoms with E-state index < -0.39 is 15.8 Å². The molecule has 7 rings (SSSR count). The largest absolute Gasteiger partial charge is 0.383 e. The standard InChI is InChI=1S/C31H24N8O3S/c1-18-5-10-23(11-6-18)43(41,42)39-28-14-20(25-4-3-13-33-37-25)7-8-21(28)15-29(39)30(40)24-17-34-38(31(24)32)22-9-12-26-27(16-22)36-19(2)35-26/h3-17H,32H2,1-2H3,(H,35,36). The number of nitrogens with zero attached hydrogens (tertiary/aromatic N) is 6. The quantitative estimate of drug-likeness (QED) is 0.262. The molecule has 0 aliphatic heterocycles. The summed E-state index contributed by atoms with van der Waals surface area (Å²) >= 11 is 0. The highest BCUT2D eigenvalue weighted by atomic mass is 32.2. The molecule has 4 aromatic heterocycles. The predicted molar refractivity (Wildman–Crippen MR) is 163 cm³/mol. The molecular formula is C31H24N8O3S. The Hall–Kier alpha value is -5.62. The summed E-state index contributed by atoms with van der Waals surface area (Å²) in [5, 5.41) is 13.0. The summed E-state index contributed by atoms with van der Waals surface area (Å²) in [7, 11) is -4.22. The first-order chi connectivity index (χ1) is 20.7. The van der Waals surface area contributed by atoms with Gasteiger partial charge in [0.15, 0.2) is 0 Å². The second-order valence-corrected chi connectivity index (χ2v) is 12.0. The molecule has 0 spiro atoms. The molecular weight excluding hydrogens is 564 g/mol. The fraction of sp³-hybridized carbons (Fsp3) is 0.0645. The molecule has 0 atom stereocenters. The van der Waals surface area contributed by atoms with E-state index in [2.05, 4.69) is 25.3 Å². The first-order valence-corrected chi connectivity index (χ1v) is 14.8. The van der Waals surface area contributed by atoms with Crippen LogP contribution in [0.4, 0.5) is 5.82 Å². The van der Waals surface area contributed by atoms with Crippen molar-refractivity contribution in [1.82, 2.24) is 33.9 Å². The summed E-state index contributed by atoms with van der Waals surface area (Å²) in [6.45, 7) is 3.73. The molecule has 0 aliphatic rings. The molecule has 43 heavy (non-hydrogen) atoms. The van der Waals surface area contributed by atoms with Gasteiger partial charge in [-0.15, -0.1) is 0 Å². The summed E-state index contributed by atoms with van der Waals surface area (Å²) in [4.78, 5) is 21.8. The lowest BCUT2D eigenvalue weighted by Crippen LogP contribution is -2.19. The van der Waals surface area contributed by atoms with Crippen LogP contribution in [0.3, 0.4) is 0 Å². The first kappa shape index (κ1) is 26.3. The van der Waals surface area contributed by atoms with Crippen molar-refractivity contribution in [2.24, 2.45) is 0 Å². The zero-order valence-electron chi connectivity index (χ0n) is 23.1. The minimum absolute atomic E-state index is 0.0424. The van der Waals surface area contributed by atoms with E-state index in [1.54, 1.807) is 48.7 Å². The Bertz CT molecular complexity index is 2300. The average molecular weight is 589 g/mol. The van der Waals surface area contributed by atoms with Crippen LogP contribution in [-0.4, -0.2) is 48.1 Å². The van der Waals surface area contributed by atoms with Gasteiger partial charge in [-0.3, -0.25) is 4.79 Å². The Labute approximate surface area is 245 Å². The van der Waals surface area contributed by atoms with Crippen molar-refractivity contribution in [3.63, 3.8) is 0 Å².